The van der Waals surface area contributed by atoms with Crippen molar-refractivity contribution in [2.45, 2.75) is 31.7 Å². The number of aliphatic hydroxyl groups is 1. The Labute approximate surface area is 195 Å². The molecule has 0 saturated heterocycles. The lowest BCUT2D eigenvalue weighted by atomic mass is 9.96. The number of hydrogen-bond acceptors (Lipinski definition) is 7. The standard InChI is InChI=1S/C22H18F3N7OS/c1-2-21(33,22(23,24)25)17-12-32(31-26-17)11-13-8-9-15-16(10-13)34-19(20-27-29-30-28-20)18(15)14-6-4-3-5-7-14/h3-10,12,33H,2,11H2,1H3,(H,27,28,29,30). The average Bonchev–Trinajstić information content (AvgIpc) is 3.57. The van der Waals surface area contributed by atoms with Gasteiger partial charge in [0.15, 0.2) is 0 Å². The average molecular weight is 485 g/mol. The molecule has 0 spiro atoms. The summed E-state index contributed by atoms with van der Waals surface area (Å²) >= 11 is 1.50. The van der Waals surface area contributed by atoms with E-state index in [1.807, 2.05) is 48.5 Å². The molecule has 2 N–H and O–H groups in total. The predicted molar refractivity (Wildman–Crippen MR) is 120 cm³/mol. The van der Waals surface area contributed by atoms with E-state index in [0.717, 1.165) is 37.9 Å². The molecule has 0 aliphatic heterocycles. The van der Waals surface area contributed by atoms with E-state index in [0.29, 0.717) is 5.82 Å². The van der Waals surface area contributed by atoms with Crippen LogP contribution in [0.3, 0.4) is 0 Å². The maximum absolute atomic E-state index is 13.4. The van der Waals surface area contributed by atoms with Crippen LogP contribution in [0.2, 0.25) is 0 Å². The van der Waals surface area contributed by atoms with Gasteiger partial charge in [-0.2, -0.15) is 18.4 Å². The summed E-state index contributed by atoms with van der Waals surface area (Å²) in [4.78, 5) is 0.855. The summed E-state index contributed by atoms with van der Waals surface area (Å²) in [6, 6.07) is 15.7. The highest BCUT2D eigenvalue weighted by molar-refractivity contribution is 7.23. The molecular weight excluding hydrogens is 467 g/mol. The fraction of sp³-hybridized carbons (Fsp3) is 0.227. The Bertz CT molecular complexity index is 1430. The minimum absolute atomic E-state index is 0.191. The highest BCUT2D eigenvalue weighted by atomic mass is 32.1. The van der Waals surface area contributed by atoms with E-state index >= 15 is 0 Å². The van der Waals surface area contributed by atoms with E-state index < -0.39 is 23.9 Å². The number of tetrazole rings is 1. The molecule has 174 valence electrons. The summed E-state index contributed by atoms with van der Waals surface area (Å²) in [5.74, 6) is 0.480. The number of H-pyrrole nitrogens is 1. The van der Waals surface area contributed by atoms with Crippen LogP contribution < -0.4 is 0 Å². The minimum Gasteiger partial charge on any atom is -0.375 e. The summed E-state index contributed by atoms with van der Waals surface area (Å²) in [6.45, 7) is 1.44. The number of nitrogens with zero attached hydrogens (tertiary/aromatic N) is 6. The van der Waals surface area contributed by atoms with Crippen molar-refractivity contribution in [2.24, 2.45) is 0 Å². The minimum atomic E-state index is -4.85. The molecule has 0 bridgehead atoms. The van der Waals surface area contributed by atoms with Crippen LogP contribution >= 0.6 is 11.3 Å². The number of hydrogen-bond donors (Lipinski definition) is 2. The number of fused-ring (bicyclic) bond motifs is 1. The van der Waals surface area contributed by atoms with Crippen LogP contribution in [0.5, 0.6) is 0 Å². The highest BCUT2D eigenvalue weighted by Crippen LogP contribution is 2.44. The molecule has 0 aliphatic carbocycles. The van der Waals surface area contributed by atoms with Crippen molar-refractivity contribution in [3.63, 3.8) is 0 Å². The van der Waals surface area contributed by atoms with Gasteiger partial charge >= 0.3 is 6.18 Å². The van der Waals surface area contributed by atoms with Crippen molar-refractivity contribution in [2.75, 3.05) is 0 Å². The molecule has 0 amide bonds. The number of thiophene rings is 1. The SMILES string of the molecule is CCC(O)(c1cn(Cc2ccc3c(-c4ccccc4)c(-c4nn[nH]n4)sc3c2)nn1)C(F)(F)F. The second-order valence-corrected chi connectivity index (χ2v) is 8.80. The zero-order valence-electron chi connectivity index (χ0n) is 17.8. The third-order valence-corrected chi connectivity index (χ3v) is 6.80. The fourth-order valence-electron chi connectivity index (χ4n) is 3.83. The Balaban J connectivity index is 1.52. The molecular formula is C22H18F3N7OS. The normalized spacial score (nSPS) is 13.9. The van der Waals surface area contributed by atoms with Crippen molar-refractivity contribution in [3.05, 3.63) is 66.0 Å². The zero-order chi connectivity index (χ0) is 23.9. The first-order chi connectivity index (χ1) is 16.3. The molecule has 3 aromatic heterocycles. The topological polar surface area (TPSA) is 105 Å². The first-order valence-corrected chi connectivity index (χ1v) is 11.2. The van der Waals surface area contributed by atoms with E-state index in [9.17, 15) is 18.3 Å². The molecule has 8 nitrogen and oxygen atoms in total. The lowest BCUT2D eigenvalue weighted by Gasteiger charge is -2.26. The smallest absolute Gasteiger partial charge is 0.375 e. The van der Waals surface area contributed by atoms with E-state index in [-0.39, 0.29) is 6.54 Å². The van der Waals surface area contributed by atoms with Crippen LogP contribution in [0.1, 0.15) is 24.6 Å². The second-order valence-electron chi connectivity index (χ2n) is 7.75. The first kappa shape index (κ1) is 22.2. The number of nitrogens with one attached hydrogen (secondary N) is 1. The summed E-state index contributed by atoms with van der Waals surface area (Å²) in [7, 11) is 0. The fourth-order valence-corrected chi connectivity index (χ4v) is 5.04. The van der Waals surface area contributed by atoms with E-state index in [2.05, 4.69) is 30.9 Å². The number of alkyl halides is 3. The van der Waals surface area contributed by atoms with Gasteiger partial charge < -0.3 is 5.11 Å². The molecule has 0 fully saturated rings. The molecule has 1 unspecified atom stereocenters. The van der Waals surface area contributed by atoms with Gasteiger partial charge in [0.25, 0.3) is 0 Å². The van der Waals surface area contributed by atoms with Crippen LogP contribution in [0, 0.1) is 0 Å². The first-order valence-electron chi connectivity index (χ1n) is 10.3. The molecule has 12 heteroatoms. The Morgan fingerprint density at radius 3 is 2.56 bits per heavy atom. The van der Waals surface area contributed by atoms with Crippen LogP contribution in [0.25, 0.3) is 31.9 Å². The number of halogens is 3. The lowest BCUT2D eigenvalue weighted by Crippen LogP contribution is -2.42. The van der Waals surface area contributed by atoms with Crippen molar-refractivity contribution in [1.82, 2.24) is 35.6 Å². The van der Waals surface area contributed by atoms with E-state index in [1.165, 1.54) is 22.9 Å². The van der Waals surface area contributed by atoms with Crippen molar-refractivity contribution >= 4 is 21.4 Å². The van der Waals surface area contributed by atoms with Gasteiger partial charge in [-0.3, -0.25) is 0 Å². The third kappa shape index (κ3) is 3.74. The van der Waals surface area contributed by atoms with Gasteiger partial charge in [0.05, 0.1) is 17.6 Å². The highest BCUT2D eigenvalue weighted by Gasteiger charge is 2.55. The molecule has 34 heavy (non-hydrogen) atoms. The number of aromatic amines is 1. The number of benzene rings is 2. The molecule has 3 heterocycles. The maximum atomic E-state index is 13.4. The molecule has 0 radical (unpaired) electrons. The van der Waals surface area contributed by atoms with Crippen LogP contribution in [-0.2, 0) is 12.1 Å². The Hall–Kier alpha value is -3.64. The number of aromatic nitrogens is 7. The molecule has 0 saturated carbocycles. The van der Waals surface area contributed by atoms with Crippen molar-refractivity contribution in [1.29, 1.82) is 0 Å². The predicted octanol–water partition coefficient (Wildman–Crippen LogP) is 4.55. The summed E-state index contributed by atoms with van der Waals surface area (Å²) in [5, 5.41) is 33.0. The van der Waals surface area contributed by atoms with Gasteiger partial charge in [0.2, 0.25) is 11.4 Å². The van der Waals surface area contributed by atoms with Gasteiger partial charge in [0, 0.05) is 15.6 Å². The molecule has 2 aromatic carbocycles. The quantitative estimate of drug-likeness (QED) is 0.366. The van der Waals surface area contributed by atoms with Gasteiger partial charge in [-0.15, -0.1) is 26.6 Å². The monoisotopic (exact) mass is 485 g/mol. The molecule has 1 atom stereocenters. The second kappa shape index (κ2) is 8.29. The van der Waals surface area contributed by atoms with Crippen LogP contribution in [-0.4, -0.2) is 46.9 Å². The maximum Gasteiger partial charge on any atom is 0.423 e. The van der Waals surface area contributed by atoms with Gasteiger partial charge in [0.1, 0.15) is 5.69 Å². The Morgan fingerprint density at radius 2 is 1.88 bits per heavy atom. The zero-order valence-corrected chi connectivity index (χ0v) is 18.6. The van der Waals surface area contributed by atoms with E-state index in [4.69, 9.17) is 0 Å². The lowest BCUT2D eigenvalue weighted by molar-refractivity contribution is -0.269. The summed E-state index contributed by atoms with van der Waals surface area (Å²) < 4.78 is 42.3. The van der Waals surface area contributed by atoms with Crippen LogP contribution in [0.4, 0.5) is 13.2 Å². The van der Waals surface area contributed by atoms with E-state index in [1.54, 1.807) is 0 Å². The largest absolute Gasteiger partial charge is 0.423 e. The van der Waals surface area contributed by atoms with Crippen molar-refractivity contribution in [3.8, 4) is 21.8 Å². The molecule has 0 aliphatic rings. The molecule has 5 aromatic rings. The number of rotatable bonds is 6. The summed E-state index contributed by atoms with van der Waals surface area (Å²) in [5.41, 5.74) is -0.752. The van der Waals surface area contributed by atoms with Crippen molar-refractivity contribution < 1.29 is 18.3 Å². The van der Waals surface area contributed by atoms with Gasteiger partial charge in [-0.1, -0.05) is 54.6 Å². The Morgan fingerprint density at radius 1 is 1.09 bits per heavy atom. The summed E-state index contributed by atoms with van der Waals surface area (Å²) in [6.07, 6.45) is -4.27. The molecule has 5 rings (SSSR count). The third-order valence-electron chi connectivity index (χ3n) is 5.65. The van der Waals surface area contributed by atoms with Crippen LogP contribution in [0.15, 0.2) is 54.7 Å². The van der Waals surface area contributed by atoms with Gasteiger partial charge in [-0.05, 0) is 28.8 Å². The van der Waals surface area contributed by atoms with Gasteiger partial charge in [-0.25, -0.2) is 4.68 Å². The Kier molecular flexibility index (Phi) is 5.41.